The molecule has 2 unspecified atom stereocenters. The first-order valence-electron chi connectivity index (χ1n) is 5.80. The normalized spacial score (nSPS) is 20.0. The fourth-order valence-electron chi connectivity index (χ4n) is 2.00. The van der Waals surface area contributed by atoms with Crippen molar-refractivity contribution in [3.05, 3.63) is 29.8 Å². The molecule has 4 heteroatoms. The third kappa shape index (κ3) is 2.72. The highest BCUT2D eigenvalue weighted by atomic mass is 35.5. The molecule has 17 heavy (non-hydrogen) atoms. The lowest BCUT2D eigenvalue weighted by atomic mass is 9.92. The Morgan fingerprint density at radius 3 is 3.12 bits per heavy atom. The molecule has 0 bridgehead atoms. The molecule has 0 aromatic heterocycles. The lowest BCUT2D eigenvalue weighted by Gasteiger charge is -2.26. The molecule has 1 aliphatic rings. The molecule has 0 fully saturated rings. The minimum absolute atomic E-state index is 0.000765. The van der Waals surface area contributed by atoms with Crippen molar-refractivity contribution in [2.45, 2.75) is 25.3 Å². The molecule has 1 heterocycles. The fourth-order valence-corrected chi connectivity index (χ4v) is 2.07. The summed E-state index contributed by atoms with van der Waals surface area (Å²) in [5.74, 6) is 1.16. The summed E-state index contributed by atoms with van der Waals surface area (Å²) < 4.78 is 5.53. The van der Waals surface area contributed by atoms with Crippen LogP contribution in [0.4, 0.5) is 0 Å². The van der Waals surface area contributed by atoms with Crippen LogP contribution in [0.3, 0.4) is 0 Å². The van der Waals surface area contributed by atoms with E-state index in [9.17, 15) is 4.79 Å². The van der Waals surface area contributed by atoms with E-state index in [2.05, 4.69) is 5.32 Å². The van der Waals surface area contributed by atoms with Gasteiger partial charge in [-0.25, -0.2) is 0 Å². The summed E-state index contributed by atoms with van der Waals surface area (Å²) in [5.41, 5.74) is 0.970. The summed E-state index contributed by atoms with van der Waals surface area (Å²) in [5, 5.41) is 2.91. The van der Waals surface area contributed by atoms with E-state index in [1.54, 1.807) is 0 Å². The van der Waals surface area contributed by atoms with E-state index in [4.69, 9.17) is 16.3 Å². The van der Waals surface area contributed by atoms with Gasteiger partial charge in [0.2, 0.25) is 5.91 Å². The number of hydrogen-bond donors (Lipinski definition) is 1. The molecule has 1 amide bonds. The van der Waals surface area contributed by atoms with Crippen molar-refractivity contribution in [3.63, 3.8) is 0 Å². The average Bonchev–Trinajstić information content (AvgIpc) is 2.37. The van der Waals surface area contributed by atoms with Crippen molar-refractivity contribution in [1.29, 1.82) is 0 Å². The Kier molecular flexibility index (Phi) is 3.89. The zero-order valence-corrected chi connectivity index (χ0v) is 10.5. The predicted octanol–water partition coefficient (Wildman–Crippen LogP) is 2.30. The first kappa shape index (κ1) is 12.2. The second-order valence-corrected chi connectivity index (χ2v) is 4.60. The molecule has 0 saturated carbocycles. The lowest BCUT2D eigenvalue weighted by Crippen LogP contribution is -2.38. The van der Waals surface area contributed by atoms with Gasteiger partial charge in [-0.2, -0.15) is 0 Å². The van der Waals surface area contributed by atoms with Crippen LogP contribution in [0.5, 0.6) is 5.75 Å². The van der Waals surface area contributed by atoms with Gasteiger partial charge in [0.25, 0.3) is 0 Å². The standard InChI is InChI=1S/C13H16ClNO2/c1-9(8-14)15-13(16)11-6-7-17-12-5-3-2-4-10(11)12/h2-5,9,11H,6-8H2,1H3,(H,15,16). The number of amides is 1. The van der Waals surface area contributed by atoms with Gasteiger partial charge in [-0.15, -0.1) is 11.6 Å². The lowest BCUT2D eigenvalue weighted by molar-refractivity contribution is -0.123. The van der Waals surface area contributed by atoms with E-state index >= 15 is 0 Å². The Bertz CT molecular complexity index is 408. The number of para-hydroxylation sites is 1. The molecule has 0 radical (unpaired) electrons. The number of nitrogens with one attached hydrogen (secondary N) is 1. The summed E-state index contributed by atoms with van der Waals surface area (Å²) in [6.45, 7) is 2.49. The number of carbonyl (C=O) groups is 1. The van der Waals surface area contributed by atoms with Crippen LogP contribution in [0.2, 0.25) is 0 Å². The van der Waals surface area contributed by atoms with Crippen LogP contribution in [-0.4, -0.2) is 24.4 Å². The molecular weight excluding hydrogens is 238 g/mol. The smallest absolute Gasteiger partial charge is 0.228 e. The molecule has 2 atom stereocenters. The van der Waals surface area contributed by atoms with Gasteiger partial charge in [-0.3, -0.25) is 4.79 Å². The Morgan fingerprint density at radius 2 is 2.35 bits per heavy atom. The largest absolute Gasteiger partial charge is 0.493 e. The summed E-state index contributed by atoms with van der Waals surface area (Å²) in [6, 6.07) is 7.70. The second-order valence-electron chi connectivity index (χ2n) is 4.29. The van der Waals surface area contributed by atoms with Crippen LogP contribution in [0, 0.1) is 0 Å². The Labute approximate surface area is 106 Å². The van der Waals surface area contributed by atoms with E-state index in [0.29, 0.717) is 12.5 Å². The third-order valence-corrected chi connectivity index (χ3v) is 3.36. The molecular formula is C13H16ClNO2. The van der Waals surface area contributed by atoms with E-state index in [1.807, 2.05) is 31.2 Å². The highest BCUT2D eigenvalue weighted by Gasteiger charge is 2.27. The highest BCUT2D eigenvalue weighted by Crippen LogP contribution is 2.33. The molecule has 1 N–H and O–H groups in total. The number of halogens is 1. The molecule has 0 spiro atoms. The van der Waals surface area contributed by atoms with Crippen molar-refractivity contribution in [3.8, 4) is 5.75 Å². The van der Waals surface area contributed by atoms with Crippen LogP contribution < -0.4 is 10.1 Å². The quantitative estimate of drug-likeness (QED) is 0.840. The van der Waals surface area contributed by atoms with Gasteiger partial charge in [-0.1, -0.05) is 18.2 Å². The highest BCUT2D eigenvalue weighted by molar-refractivity contribution is 6.18. The monoisotopic (exact) mass is 253 g/mol. The zero-order chi connectivity index (χ0) is 12.3. The van der Waals surface area contributed by atoms with Crippen molar-refractivity contribution < 1.29 is 9.53 Å². The molecule has 1 aromatic carbocycles. The fraction of sp³-hybridized carbons (Fsp3) is 0.462. The number of benzene rings is 1. The van der Waals surface area contributed by atoms with Gasteiger partial charge in [0.1, 0.15) is 5.75 Å². The van der Waals surface area contributed by atoms with E-state index in [1.165, 1.54) is 0 Å². The van der Waals surface area contributed by atoms with Gasteiger partial charge >= 0.3 is 0 Å². The van der Waals surface area contributed by atoms with E-state index in [-0.39, 0.29) is 17.9 Å². The number of carbonyl (C=O) groups excluding carboxylic acids is 1. The molecule has 92 valence electrons. The zero-order valence-electron chi connectivity index (χ0n) is 9.78. The molecule has 1 aliphatic heterocycles. The summed E-state index contributed by atoms with van der Waals surface area (Å²) in [7, 11) is 0. The van der Waals surface area contributed by atoms with Crippen LogP contribution in [-0.2, 0) is 4.79 Å². The minimum atomic E-state index is -0.120. The van der Waals surface area contributed by atoms with Crippen LogP contribution in [0.1, 0.15) is 24.8 Å². The van der Waals surface area contributed by atoms with E-state index < -0.39 is 0 Å². The van der Waals surface area contributed by atoms with Crippen molar-refractivity contribution in [2.24, 2.45) is 0 Å². The molecule has 1 aromatic rings. The van der Waals surface area contributed by atoms with Gasteiger partial charge < -0.3 is 10.1 Å². The summed E-state index contributed by atoms with van der Waals surface area (Å²) in [6.07, 6.45) is 0.720. The van der Waals surface area contributed by atoms with Crippen molar-refractivity contribution in [1.82, 2.24) is 5.32 Å². The van der Waals surface area contributed by atoms with Gasteiger partial charge in [0, 0.05) is 17.5 Å². The van der Waals surface area contributed by atoms with Crippen molar-refractivity contribution in [2.75, 3.05) is 12.5 Å². The first-order valence-corrected chi connectivity index (χ1v) is 6.34. The Balaban J connectivity index is 2.15. The maximum atomic E-state index is 12.1. The molecule has 2 rings (SSSR count). The SMILES string of the molecule is CC(CCl)NC(=O)C1CCOc2ccccc21. The number of ether oxygens (including phenoxy) is 1. The topological polar surface area (TPSA) is 38.3 Å². The number of hydrogen-bond acceptors (Lipinski definition) is 2. The van der Waals surface area contributed by atoms with Crippen LogP contribution in [0.25, 0.3) is 0 Å². The van der Waals surface area contributed by atoms with Gasteiger partial charge in [0.15, 0.2) is 0 Å². The number of fused-ring (bicyclic) bond motifs is 1. The second kappa shape index (κ2) is 5.41. The van der Waals surface area contributed by atoms with E-state index in [0.717, 1.165) is 17.7 Å². The predicted molar refractivity (Wildman–Crippen MR) is 67.6 cm³/mol. The van der Waals surface area contributed by atoms with Crippen LogP contribution in [0.15, 0.2) is 24.3 Å². The van der Waals surface area contributed by atoms with Crippen molar-refractivity contribution >= 4 is 17.5 Å². The molecule has 3 nitrogen and oxygen atoms in total. The average molecular weight is 254 g/mol. The minimum Gasteiger partial charge on any atom is -0.493 e. The third-order valence-electron chi connectivity index (χ3n) is 2.90. The van der Waals surface area contributed by atoms with Gasteiger partial charge in [0.05, 0.1) is 12.5 Å². The Morgan fingerprint density at radius 1 is 1.59 bits per heavy atom. The maximum Gasteiger partial charge on any atom is 0.228 e. The summed E-state index contributed by atoms with van der Waals surface area (Å²) in [4.78, 5) is 12.1. The number of rotatable bonds is 3. The molecule has 0 aliphatic carbocycles. The summed E-state index contributed by atoms with van der Waals surface area (Å²) >= 11 is 5.70. The maximum absolute atomic E-state index is 12.1. The van der Waals surface area contributed by atoms with Crippen LogP contribution >= 0.6 is 11.6 Å². The molecule has 0 saturated heterocycles. The Hall–Kier alpha value is -1.22. The number of alkyl halides is 1. The first-order chi connectivity index (χ1) is 8.22. The van der Waals surface area contributed by atoms with Gasteiger partial charge in [-0.05, 0) is 19.4 Å².